The standard InChI is InChI=1S/C13H25NO/c1-9-8-10(6-7-15-9)14-11-12(2,3)13(11,4)5/h9-11,14H,6-8H2,1-5H3. The van der Waals surface area contributed by atoms with E-state index in [2.05, 4.69) is 39.9 Å². The van der Waals surface area contributed by atoms with Crippen LogP contribution in [0.3, 0.4) is 0 Å². The molecule has 88 valence electrons. The molecule has 0 aromatic carbocycles. The molecule has 2 aliphatic rings. The summed E-state index contributed by atoms with van der Waals surface area (Å²) >= 11 is 0. The SMILES string of the molecule is CC1CC(NC2C(C)(C)C2(C)C)CCO1. The Hall–Kier alpha value is -0.0800. The Morgan fingerprint density at radius 1 is 1.13 bits per heavy atom. The third-order valence-electron chi connectivity index (χ3n) is 4.91. The van der Waals surface area contributed by atoms with Gasteiger partial charge in [0, 0.05) is 18.7 Å². The summed E-state index contributed by atoms with van der Waals surface area (Å²) in [6.45, 7) is 12.6. The maximum Gasteiger partial charge on any atom is 0.0561 e. The number of rotatable bonds is 2. The highest BCUT2D eigenvalue weighted by atomic mass is 16.5. The zero-order valence-corrected chi connectivity index (χ0v) is 10.8. The van der Waals surface area contributed by atoms with Crippen LogP contribution in [0.4, 0.5) is 0 Å². The molecule has 1 saturated heterocycles. The minimum atomic E-state index is 0.432. The van der Waals surface area contributed by atoms with Crippen molar-refractivity contribution in [2.24, 2.45) is 10.8 Å². The second-order valence-corrected chi connectivity index (χ2v) is 6.45. The minimum Gasteiger partial charge on any atom is -0.378 e. The van der Waals surface area contributed by atoms with E-state index in [9.17, 15) is 0 Å². The fraction of sp³-hybridized carbons (Fsp3) is 1.00. The second kappa shape index (κ2) is 3.46. The van der Waals surface area contributed by atoms with Crippen molar-refractivity contribution in [3.8, 4) is 0 Å². The highest BCUT2D eigenvalue weighted by molar-refractivity contribution is 5.18. The van der Waals surface area contributed by atoms with Gasteiger partial charge in [-0.1, -0.05) is 27.7 Å². The molecule has 1 N–H and O–H groups in total. The molecule has 2 atom stereocenters. The van der Waals surface area contributed by atoms with Crippen LogP contribution in [0, 0.1) is 10.8 Å². The summed E-state index contributed by atoms with van der Waals surface area (Å²) in [5, 5.41) is 3.82. The van der Waals surface area contributed by atoms with Crippen molar-refractivity contribution in [2.45, 2.75) is 65.6 Å². The molecule has 1 aliphatic carbocycles. The van der Waals surface area contributed by atoms with Crippen LogP contribution < -0.4 is 5.32 Å². The first-order valence-electron chi connectivity index (χ1n) is 6.23. The van der Waals surface area contributed by atoms with Gasteiger partial charge in [-0.2, -0.15) is 0 Å². The normalized spacial score (nSPS) is 39.0. The molecule has 2 nitrogen and oxygen atoms in total. The average Bonchev–Trinajstić information content (AvgIpc) is 2.48. The maximum atomic E-state index is 5.57. The molecule has 0 amide bonds. The molecular weight excluding hydrogens is 186 g/mol. The maximum absolute atomic E-state index is 5.57. The van der Waals surface area contributed by atoms with Gasteiger partial charge in [0.25, 0.3) is 0 Å². The molecule has 1 aliphatic heterocycles. The van der Waals surface area contributed by atoms with Gasteiger partial charge in [-0.3, -0.25) is 0 Å². The molecule has 2 rings (SSSR count). The van der Waals surface area contributed by atoms with Gasteiger partial charge in [0.1, 0.15) is 0 Å². The van der Waals surface area contributed by atoms with Crippen LogP contribution in [-0.2, 0) is 4.74 Å². The quantitative estimate of drug-likeness (QED) is 0.758. The van der Waals surface area contributed by atoms with Gasteiger partial charge in [-0.05, 0) is 30.6 Å². The monoisotopic (exact) mass is 211 g/mol. The van der Waals surface area contributed by atoms with E-state index in [-0.39, 0.29) is 0 Å². The van der Waals surface area contributed by atoms with Crippen molar-refractivity contribution in [2.75, 3.05) is 6.61 Å². The summed E-state index contributed by atoms with van der Waals surface area (Å²) < 4.78 is 5.57. The Kier molecular flexibility index (Phi) is 2.63. The third-order valence-corrected chi connectivity index (χ3v) is 4.91. The first-order valence-corrected chi connectivity index (χ1v) is 6.23. The van der Waals surface area contributed by atoms with E-state index >= 15 is 0 Å². The van der Waals surface area contributed by atoms with Gasteiger partial charge in [0.05, 0.1) is 6.10 Å². The zero-order valence-electron chi connectivity index (χ0n) is 10.8. The van der Waals surface area contributed by atoms with Crippen molar-refractivity contribution < 1.29 is 4.74 Å². The van der Waals surface area contributed by atoms with Crippen LogP contribution in [0.15, 0.2) is 0 Å². The number of hydrogen-bond acceptors (Lipinski definition) is 2. The fourth-order valence-electron chi connectivity index (χ4n) is 3.00. The summed E-state index contributed by atoms with van der Waals surface area (Å²) in [5.74, 6) is 0. The van der Waals surface area contributed by atoms with Crippen molar-refractivity contribution in [1.82, 2.24) is 5.32 Å². The highest BCUT2D eigenvalue weighted by Crippen LogP contribution is 2.62. The van der Waals surface area contributed by atoms with E-state index in [0.717, 1.165) is 6.61 Å². The highest BCUT2D eigenvalue weighted by Gasteiger charge is 2.64. The topological polar surface area (TPSA) is 21.3 Å². The van der Waals surface area contributed by atoms with Crippen LogP contribution in [0.5, 0.6) is 0 Å². The Bertz CT molecular complexity index is 233. The Labute approximate surface area is 93.8 Å². The number of hydrogen-bond donors (Lipinski definition) is 1. The number of ether oxygens (including phenoxy) is 1. The largest absolute Gasteiger partial charge is 0.378 e. The molecule has 2 unspecified atom stereocenters. The summed E-state index contributed by atoms with van der Waals surface area (Å²) in [7, 11) is 0. The van der Waals surface area contributed by atoms with E-state index in [1.807, 2.05) is 0 Å². The third kappa shape index (κ3) is 1.83. The molecule has 0 spiro atoms. The molecule has 0 bridgehead atoms. The smallest absolute Gasteiger partial charge is 0.0561 e. The predicted octanol–water partition coefficient (Wildman–Crippen LogP) is 2.58. The van der Waals surface area contributed by atoms with Crippen LogP contribution in [-0.4, -0.2) is 24.8 Å². The zero-order chi connectivity index (χ0) is 11.3. The van der Waals surface area contributed by atoms with Gasteiger partial charge >= 0.3 is 0 Å². The van der Waals surface area contributed by atoms with Gasteiger partial charge in [-0.25, -0.2) is 0 Å². The molecule has 2 heteroatoms. The van der Waals surface area contributed by atoms with E-state index in [4.69, 9.17) is 4.74 Å². The first kappa shape index (κ1) is 11.4. The van der Waals surface area contributed by atoms with E-state index in [0.29, 0.717) is 29.0 Å². The van der Waals surface area contributed by atoms with Gasteiger partial charge in [0.2, 0.25) is 0 Å². The van der Waals surface area contributed by atoms with Gasteiger partial charge in [-0.15, -0.1) is 0 Å². The van der Waals surface area contributed by atoms with Crippen LogP contribution in [0.25, 0.3) is 0 Å². The lowest BCUT2D eigenvalue weighted by Gasteiger charge is -2.29. The Morgan fingerprint density at radius 2 is 1.73 bits per heavy atom. The van der Waals surface area contributed by atoms with Gasteiger partial charge in [0.15, 0.2) is 0 Å². The van der Waals surface area contributed by atoms with Gasteiger partial charge < -0.3 is 10.1 Å². The fourth-order valence-corrected chi connectivity index (χ4v) is 3.00. The van der Waals surface area contributed by atoms with Crippen LogP contribution in [0.1, 0.15) is 47.5 Å². The summed E-state index contributed by atoms with van der Waals surface area (Å²) in [6.07, 6.45) is 2.77. The molecule has 1 heterocycles. The Morgan fingerprint density at radius 3 is 2.20 bits per heavy atom. The van der Waals surface area contributed by atoms with Crippen molar-refractivity contribution in [3.05, 3.63) is 0 Å². The van der Waals surface area contributed by atoms with Crippen LogP contribution in [0.2, 0.25) is 0 Å². The van der Waals surface area contributed by atoms with E-state index in [1.54, 1.807) is 0 Å². The summed E-state index contributed by atoms with van der Waals surface area (Å²) in [5.41, 5.74) is 0.906. The molecule has 0 aromatic rings. The number of nitrogens with one attached hydrogen (secondary N) is 1. The van der Waals surface area contributed by atoms with Crippen molar-refractivity contribution in [1.29, 1.82) is 0 Å². The van der Waals surface area contributed by atoms with Crippen molar-refractivity contribution >= 4 is 0 Å². The first-order chi connectivity index (χ1) is 6.85. The summed E-state index contributed by atoms with van der Waals surface area (Å²) in [4.78, 5) is 0. The second-order valence-electron chi connectivity index (χ2n) is 6.45. The van der Waals surface area contributed by atoms with E-state index < -0.39 is 0 Å². The molecule has 0 radical (unpaired) electrons. The molecular formula is C13H25NO. The van der Waals surface area contributed by atoms with Crippen LogP contribution >= 0.6 is 0 Å². The lowest BCUT2D eigenvalue weighted by molar-refractivity contribution is 0.0122. The van der Waals surface area contributed by atoms with Crippen molar-refractivity contribution in [3.63, 3.8) is 0 Å². The Balaban J connectivity index is 1.88. The molecule has 0 aromatic heterocycles. The molecule has 15 heavy (non-hydrogen) atoms. The lowest BCUT2D eigenvalue weighted by Crippen LogP contribution is -2.41. The average molecular weight is 211 g/mol. The molecule has 2 fully saturated rings. The predicted molar refractivity (Wildman–Crippen MR) is 62.9 cm³/mol. The summed E-state index contributed by atoms with van der Waals surface area (Å²) in [6, 6.07) is 1.35. The minimum absolute atomic E-state index is 0.432. The van der Waals surface area contributed by atoms with E-state index in [1.165, 1.54) is 12.8 Å². The lowest BCUT2D eigenvalue weighted by atomic mass is 10.0. The molecule has 1 saturated carbocycles.